The van der Waals surface area contributed by atoms with Gasteiger partial charge in [-0.25, -0.2) is 0 Å². The lowest BCUT2D eigenvalue weighted by atomic mass is 9.95. The van der Waals surface area contributed by atoms with Gasteiger partial charge in [-0.15, -0.1) is 0 Å². The van der Waals surface area contributed by atoms with Crippen LogP contribution in [0, 0.1) is 0 Å². The fraction of sp³-hybridized carbons (Fsp3) is 0.278. The van der Waals surface area contributed by atoms with Crippen molar-refractivity contribution in [1.29, 1.82) is 0 Å². The molecular weight excluding hydrogens is 260 g/mol. The van der Waals surface area contributed by atoms with E-state index in [0.29, 0.717) is 0 Å². The molecule has 1 aliphatic heterocycles. The van der Waals surface area contributed by atoms with Gasteiger partial charge >= 0.3 is 0 Å². The van der Waals surface area contributed by atoms with Crippen LogP contribution in [0.4, 0.5) is 0 Å². The monoisotopic (exact) mass is 280 g/mol. The number of carbonyl (C=O) groups is 1. The van der Waals surface area contributed by atoms with Crippen LogP contribution in [0.25, 0.3) is 0 Å². The van der Waals surface area contributed by atoms with Gasteiger partial charge in [0.25, 0.3) is 0 Å². The summed E-state index contributed by atoms with van der Waals surface area (Å²) in [6.07, 6.45) is 0.753. The Hall–Kier alpha value is -2.13. The van der Waals surface area contributed by atoms with Crippen molar-refractivity contribution < 1.29 is 4.79 Å². The third kappa shape index (κ3) is 3.14. The highest BCUT2D eigenvalue weighted by atomic mass is 16.2. The number of hydrogen-bond donors (Lipinski definition) is 2. The molecule has 0 aliphatic carbocycles. The highest BCUT2D eigenvalue weighted by Gasteiger charge is 2.24. The minimum absolute atomic E-state index is 0.0256. The van der Waals surface area contributed by atoms with Crippen LogP contribution < -0.4 is 10.6 Å². The van der Waals surface area contributed by atoms with Crippen LogP contribution in [-0.4, -0.2) is 11.9 Å². The second-order valence-electron chi connectivity index (χ2n) is 5.55. The molecule has 0 fully saturated rings. The van der Waals surface area contributed by atoms with Gasteiger partial charge in [-0.05, 0) is 30.0 Å². The Morgan fingerprint density at radius 3 is 2.52 bits per heavy atom. The Bertz CT molecular complexity index is 624. The summed E-state index contributed by atoms with van der Waals surface area (Å²) >= 11 is 0. The lowest BCUT2D eigenvalue weighted by Crippen LogP contribution is -2.48. The number of rotatable bonds is 3. The van der Waals surface area contributed by atoms with Gasteiger partial charge in [-0.3, -0.25) is 4.79 Å². The summed E-state index contributed by atoms with van der Waals surface area (Å²) in [7, 11) is 0. The van der Waals surface area contributed by atoms with Gasteiger partial charge in [0.15, 0.2) is 0 Å². The first-order chi connectivity index (χ1) is 10.2. The van der Waals surface area contributed by atoms with E-state index in [-0.39, 0.29) is 18.0 Å². The second-order valence-corrected chi connectivity index (χ2v) is 5.55. The van der Waals surface area contributed by atoms with Crippen molar-refractivity contribution in [3.05, 3.63) is 71.3 Å². The van der Waals surface area contributed by atoms with Gasteiger partial charge in [-0.1, -0.05) is 54.6 Å². The van der Waals surface area contributed by atoms with Crippen molar-refractivity contribution >= 4 is 5.91 Å². The Morgan fingerprint density at radius 2 is 1.76 bits per heavy atom. The standard InChI is InChI=1S/C18H20N2O/c1-13(14-7-3-2-4-8-14)20-18(21)17-11-15-9-5-6-10-16(15)12-19-17/h2-10,13,17,19H,11-12H2,1H3,(H,20,21)/t13-,17-/m0/s1. The van der Waals surface area contributed by atoms with E-state index in [1.165, 1.54) is 11.1 Å². The Kier molecular flexibility index (Phi) is 4.02. The zero-order chi connectivity index (χ0) is 14.7. The van der Waals surface area contributed by atoms with Gasteiger partial charge in [0.05, 0.1) is 12.1 Å². The molecule has 3 nitrogen and oxygen atoms in total. The fourth-order valence-corrected chi connectivity index (χ4v) is 2.78. The molecule has 2 aromatic carbocycles. The summed E-state index contributed by atoms with van der Waals surface area (Å²) in [6, 6.07) is 18.2. The number of fused-ring (bicyclic) bond motifs is 1. The largest absolute Gasteiger partial charge is 0.348 e. The normalized spacial score (nSPS) is 18.6. The molecular formula is C18H20N2O. The summed E-state index contributed by atoms with van der Waals surface area (Å²) < 4.78 is 0. The molecule has 1 amide bonds. The van der Waals surface area contributed by atoms with Gasteiger partial charge in [-0.2, -0.15) is 0 Å². The zero-order valence-electron chi connectivity index (χ0n) is 12.2. The van der Waals surface area contributed by atoms with E-state index in [0.717, 1.165) is 18.5 Å². The molecule has 0 spiro atoms. The van der Waals surface area contributed by atoms with Crippen molar-refractivity contribution in [2.45, 2.75) is 32.0 Å². The molecule has 2 N–H and O–H groups in total. The molecule has 0 radical (unpaired) electrons. The summed E-state index contributed by atoms with van der Waals surface area (Å²) in [6.45, 7) is 2.78. The molecule has 0 saturated heterocycles. The number of hydrogen-bond acceptors (Lipinski definition) is 2. The average Bonchev–Trinajstić information content (AvgIpc) is 2.55. The first kappa shape index (κ1) is 13.8. The van der Waals surface area contributed by atoms with Crippen molar-refractivity contribution in [3.8, 4) is 0 Å². The number of carbonyl (C=O) groups excluding carboxylic acids is 1. The maximum atomic E-state index is 12.4. The molecule has 1 aliphatic rings. The topological polar surface area (TPSA) is 41.1 Å². The highest BCUT2D eigenvalue weighted by Crippen LogP contribution is 2.17. The maximum absolute atomic E-state index is 12.4. The molecule has 108 valence electrons. The SMILES string of the molecule is C[C@H](NC(=O)[C@@H]1Cc2ccccc2CN1)c1ccccc1. The fourth-order valence-electron chi connectivity index (χ4n) is 2.78. The summed E-state index contributed by atoms with van der Waals surface area (Å²) in [5, 5.41) is 6.42. The molecule has 0 bridgehead atoms. The van der Waals surface area contributed by atoms with Crippen molar-refractivity contribution in [2.75, 3.05) is 0 Å². The Balaban J connectivity index is 1.65. The number of nitrogens with one attached hydrogen (secondary N) is 2. The lowest BCUT2D eigenvalue weighted by molar-refractivity contribution is -0.124. The summed E-state index contributed by atoms with van der Waals surface area (Å²) in [5.41, 5.74) is 3.68. The van der Waals surface area contributed by atoms with E-state index in [4.69, 9.17) is 0 Å². The molecule has 21 heavy (non-hydrogen) atoms. The van der Waals surface area contributed by atoms with Crippen LogP contribution in [0.5, 0.6) is 0 Å². The predicted octanol–water partition coefficient (Wildman–Crippen LogP) is 2.58. The summed E-state index contributed by atoms with van der Waals surface area (Å²) in [5.74, 6) is 0.0702. The van der Waals surface area contributed by atoms with Crippen LogP contribution in [0.15, 0.2) is 54.6 Å². The van der Waals surface area contributed by atoms with Crippen molar-refractivity contribution in [1.82, 2.24) is 10.6 Å². The minimum Gasteiger partial charge on any atom is -0.348 e. The third-order valence-electron chi connectivity index (χ3n) is 4.06. The Morgan fingerprint density at radius 1 is 1.10 bits per heavy atom. The van der Waals surface area contributed by atoms with E-state index >= 15 is 0 Å². The highest BCUT2D eigenvalue weighted by molar-refractivity contribution is 5.82. The van der Waals surface area contributed by atoms with Crippen LogP contribution in [-0.2, 0) is 17.8 Å². The Labute approximate surface area is 125 Å². The van der Waals surface area contributed by atoms with Gasteiger partial charge in [0, 0.05) is 6.54 Å². The van der Waals surface area contributed by atoms with Gasteiger partial charge < -0.3 is 10.6 Å². The molecule has 3 heteroatoms. The lowest BCUT2D eigenvalue weighted by Gasteiger charge is -2.26. The van der Waals surface area contributed by atoms with Gasteiger partial charge in [0.1, 0.15) is 0 Å². The molecule has 0 saturated carbocycles. The van der Waals surface area contributed by atoms with Crippen LogP contribution in [0.2, 0.25) is 0 Å². The predicted molar refractivity (Wildman–Crippen MR) is 83.8 cm³/mol. The first-order valence-corrected chi connectivity index (χ1v) is 7.39. The van der Waals surface area contributed by atoms with E-state index in [1.807, 2.05) is 49.4 Å². The third-order valence-corrected chi connectivity index (χ3v) is 4.06. The molecule has 3 rings (SSSR count). The van der Waals surface area contributed by atoms with Crippen LogP contribution in [0.1, 0.15) is 29.7 Å². The van der Waals surface area contributed by atoms with E-state index in [2.05, 4.69) is 22.8 Å². The minimum atomic E-state index is -0.147. The molecule has 2 atom stereocenters. The smallest absolute Gasteiger partial charge is 0.237 e. The molecule has 2 aromatic rings. The molecule has 0 aromatic heterocycles. The second kappa shape index (κ2) is 6.10. The van der Waals surface area contributed by atoms with E-state index in [1.54, 1.807) is 0 Å². The van der Waals surface area contributed by atoms with E-state index < -0.39 is 0 Å². The average molecular weight is 280 g/mol. The molecule has 0 unspecified atom stereocenters. The number of benzene rings is 2. The van der Waals surface area contributed by atoms with Crippen molar-refractivity contribution in [3.63, 3.8) is 0 Å². The van der Waals surface area contributed by atoms with E-state index in [9.17, 15) is 4.79 Å². The maximum Gasteiger partial charge on any atom is 0.237 e. The van der Waals surface area contributed by atoms with Crippen LogP contribution >= 0.6 is 0 Å². The van der Waals surface area contributed by atoms with Gasteiger partial charge in [0.2, 0.25) is 5.91 Å². The van der Waals surface area contributed by atoms with Crippen LogP contribution in [0.3, 0.4) is 0 Å². The molecule has 1 heterocycles. The zero-order valence-corrected chi connectivity index (χ0v) is 12.2. The van der Waals surface area contributed by atoms with Crippen molar-refractivity contribution in [2.24, 2.45) is 0 Å². The quantitative estimate of drug-likeness (QED) is 0.907. The number of amides is 1. The first-order valence-electron chi connectivity index (χ1n) is 7.39. The summed E-state index contributed by atoms with van der Waals surface area (Å²) in [4.78, 5) is 12.4.